The van der Waals surface area contributed by atoms with Gasteiger partial charge in [0.05, 0.1) is 22.9 Å². The smallest absolute Gasteiger partial charge is 0.255 e. The van der Waals surface area contributed by atoms with Crippen molar-refractivity contribution in [1.29, 1.82) is 0 Å². The first-order valence-corrected chi connectivity index (χ1v) is 8.35. The number of nitrogens with one attached hydrogen (secondary N) is 2. The van der Waals surface area contributed by atoms with Crippen molar-refractivity contribution in [2.45, 2.75) is 6.54 Å². The molecule has 0 spiro atoms. The number of carbonyl (C=O) groups excluding carboxylic acids is 2. The van der Waals surface area contributed by atoms with E-state index in [0.717, 1.165) is 5.69 Å². The highest BCUT2D eigenvalue weighted by Gasteiger charge is 2.12. The number of aromatic nitrogens is 1. The second-order valence-electron chi connectivity index (χ2n) is 5.52. The Balaban J connectivity index is 1.68. The number of para-hydroxylation sites is 1. The molecule has 0 saturated carbocycles. The predicted octanol–water partition coefficient (Wildman–Crippen LogP) is 3.92. The monoisotopic (exact) mass is 365 g/mol. The number of anilines is 1. The number of nitrogens with zero attached hydrogens (tertiary/aromatic N) is 1. The van der Waals surface area contributed by atoms with E-state index in [-0.39, 0.29) is 11.8 Å². The number of halogens is 1. The van der Waals surface area contributed by atoms with Crippen molar-refractivity contribution < 1.29 is 9.59 Å². The molecule has 0 saturated heterocycles. The Morgan fingerprint density at radius 2 is 1.62 bits per heavy atom. The molecular formula is C20H16ClN3O2. The van der Waals surface area contributed by atoms with Gasteiger partial charge in [-0.1, -0.05) is 35.9 Å². The quantitative estimate of drug-likeness (QED) is 0.720. The van der Waals surface area contributed by atoms with Crippen LogP contribution >= 0.6 is 11.6 Å². The van der Waals surface area contributed by atoms with Crippen molar-refractivity contribution in [3.05, 3.63) is 94.8 Å². The van der Waals surface area contributed by atoms with Crippen molar-refractivity contribution in [3.63, 3.8) is 0 Å². The summed E-state index contributed by atoms with van der Waals surface area (Å²) in [4.78, 5) is 28.9. The fourth-order valence-electron chi connectivity index (χ4n) is 2.33. The van der Waals surface area contributed by atoms with Crippen LogP contribution in [0.2, 0.25) is 5.02 Å². The summed E-state index contributed by atoms with van der Waals surface area (Å²) < 4.78 is 0. The summed E-state index contributed by atoms with van der Waals surface area (Å²) in [7, 11) is 0. The van der Waals surface area contributed by atoms with Gasteiger partial charge in [0, 0.05) is 17.3 Å². The van der Waals surface area contributed by atoms with Gasteiger partial charge in [0.15, 0.2) is 0 Å². The van der Waals surface area contributed by atoms with Gasteiger partial charge >= 0.3 is 0 Å². The van der Waals surface area contributed by atoms with Crippen molar-refractivity contribution in [3.8, 4) is 0 Å². The Hall–Kier alpha value is -3.18. The number of pyridine rings is 1. The number of carbonyl (C=O) groups is 2. The molecular weight excluding hydrogens is 350 g/mol. The van der Waals surface area contributed by atoms with E-state index in [0.29, 0.717) is 28.4 Å². The maximum Gasteiger partial charge on any atom is 0.255 e. The highest BCUT2D eigenvalue weighted by Crippen LogP contribution is 2.21. The van der Waals surface area contributed by atoms with Gasteiger partial charge in [-0.15, -0.1) is 0 Å². The molecule has 3 rings (SSSR count). The van der Waals surface area contributed by atoms with Crippen molar-refractivity contribution in [2.24, 2.45) is 0 Å². The average Bonchev–Trinajstić information content (AvgIpc) is 2.69. The molecule has 130 valence electrons. The number of rotatable bonds is 5. The third-order valence-corrected chi connectivity index (χ3v) is 3.99. The van der Waals surface area contributed by atoms with Crippen LogP contribution in [0.15, 0.2) is 72.9 Å². The Morgan fingerprint density at radius 1 is 0.885 bits per heavy atom. The zero-order chi connectivity index (χ0) is 18.4. The standard InChI is InChI=1S/C20H16ClN3O2/c21-17-9-1-2-10-18(17)24-20(26)15-7-5-6-14(12-15)19(25)23-13-16-8-3-4-11-22-16/h1-12H,13H2,(H,23,25)(H,24,26). The molecule has 2 N–H and O–H groups in total. The zero-order valence-corrected chi connectivity index (χ0v) is 14.5. The molecule has 0 fully saturated rings. The van der Waals surface area contributed by atoms with Gasteiger partial charge < -0.3 is 10.6 Å². The van der Waals surface area contributed by atoms with E-state index >= 15 is 0 Å². The fourth-order valence-corrected chi connectivity index (χ4v) is 2.52. The Morgan fingerprint density at radius 3 is 2.35 bits per heavy atom. The Bertz CT molecular complexity index is 929. The molecule has 5 nitrogen and oxygen atoms in total. The number of benzene rings is 2. The Kier molecular flexibility index (Phi) is 5.61. The van der Waals surface area contributed by atoms with E-state index in [1.807, 2.05) is 18.2 Å². The molecule has 1 heterocycles. The largest absolute Gasteiger partial charge is 0.346 e. The maximum absolute atomic E-state index is 12.4. The summed E-state index contributed by atoms with van der Waals surface area (Å²) in [5.41, 5.74) is 2.04. The van der Waals surface area contributed by atoms with Crippen LogP contribution in [0, 0.1) is 0 Å². The lowest BCUT2D eigenvalue weighted by Crippen LogP contribution is -2.23. The highest BCUT2D eigenvalue weighted by atomic mass is 35.5. The van der Waals surface area contributed by atoms with Crippen LogP contribution in [0.25, 0.3) is 0 Å². The van der Waals surface area contributed by atoms with E-state index < -0.39 is 0 Å². The van der Waals surface area contributed by atoms with Crippen LogP contribution in [-0.2, 0) is 6.54 Å². The number of amides is 2. The maximum atomic E-state index is 12.4. The summed E-state index contributed by atoms with van der Waals surface area (Å²) in [6, 6.07) is 19.0. The first kappa shape index (κ1) is 17.6. The first-order valence-electron chi connectivity index (χ1n) is 7.97. The van der Waals surface area contributed by atoms with E-state index in [9.17, 15) is 9.59 Å². The van der Waals surface area contributed by atoms with Gasteiger partial charge in [0.2, 0.25) is 0 Å². The van der Waals surface area contributed by atoms with E-state index in [1.54, 1.807) is 54.7 Å². The highest BCUT2D eigenvalue weighted by molar-refractivity contribution is 6.33. The number of hydrogen-bond donors (Lipinski definition) is 2. The minimum Gasteiger partial charge on any atom is -0.346 e. The number of hydrogen-bond acceptors (Lipinski definition) is 3. The molecule has 2 amide bonds. The van der Waals surface area contributed by atoms with Crippen LogP contribution in [0.4, 0.5) is 5.69 Å². The van der Waals surface area contributed by atoms with Gasteiger partial charge in [0.1, 0.15) is 0 Å². The first-order chi connectivity index (χ1) is 12.6. The van der Waals surface area contributed by atoms with Gasteiger partial charge in [-0.05, 0) is 42.5 Å². The summed E-state index contributed by atoms with van der Waals surface area (Å²) >= 11 is 6.05. The lowest BCUT2D eigenvalue weighted by Gasteiger charge is -2.09. The lowest BCUT2D eigenvalue weighted by molar-refractivity contribution is 0.0950. The summed E-state index contributed by atoms with van der Waals surface area (Å²) in [5, 5.41) is 5.97. The van der Waals surface area contributed by atoms with Crippen molar-refractivity contribution >= 4 is 29.1 Å². The molecule has 6 heteroatoms. The average molecular weight is 366 g/mol. The zero-order valence-electron chi connectivity index (χ0n) is 13.8. The molecule has 0 aliphatic rings. The van der Waals surface area contributed by atoms with Crippen LogP contribution in [0.1, 0.15) is 26.4 Å². The molecule has 0 radical (unpaired) electrons. The molecule has 26 heavy (non-hydrogen) atoms. The van der Waals surface area contributed by atoms with Gasteiger partial charge in [-0.3, -0.25) is 14.6 Å². The summed E-state index contributed by atoms with van der Waals surface area (Å²) in [5.74, 6) is -0.611. The second-order valence-corrected chi connectivity index (χ2v) is 5.93. The van der Waals surface area contributed by atoms with Crippen LogP contribution in [0.5, 0.6) is 0 Å². The lowest BCUT2D eigenvalue weighted by atomic mass is 10.1. The third kappa shape index (κ3) is 4.46. The second kappa shape index (κ2) is 8.27. The SMILES string of the molecule is O=C(NCc1ccccn1)c1cccc(C(=O)Nc2ccccc2Cl)c1. The van der Waals surface area contributed by atoms with Crippen LogP contribution in [0.3, 0.4) is 0 Å². The van der Waals surface area contributed by atoms with Gasteiger partial charge in [0.25, 0.3) is 11.8 Å². The molecule has 0 atom stereocenters. The summed E-state index contributed by atoms with van der Waals surface area (Å²) in [6.45, 7) is 0.315. The minimum absolute atomic E-state index is 0.275. The summed E-state index contributed by atoms with van der Waals surface area (Å²) in [6.07, 6.45) is 1.67. The molecule has 0 aliphatic carbocycles. The molecule has 0 aliphatic heterocycles. The van der Waals surface area contributed by atoms with Gasteiger partial charge in [-0.25, -0.2) is 0 Å². The topological polar surface area (TPSA) is 71.1 Å². The molecule has 0 unspecified atom stereocenters. The molecule has 3 aromatic rings. The van der Waals surface area contributed by atoms with Crippen molar-refractivity contribution in [1.82, 2.24) is 10.3 Å². The predicted molar refractivity (Wildman–Crippen MR) is 101 cm³/mol. The third-order valence-electron chi connectivity index (χ3n) is 3.67. The van der Waals surface area contributed by atoms with Gasteiger partial charge in [-0.2, -0.15) is 0 Å². The Labute approximate surface area is 156 Å². The normalized spacial score (nSPS) is 10.2. The van der Waals surface area contributed by atoms with E-state index in [2.05, 4.69) is 15.6 Å². The van der Waals surface area contributed by atoms with E-state index in [1.165, 1.54) is 0 Å². The minimum atomic E-state index is -0.336. The van der Waals surface area contributed by atoms with E-state index in [4.69, 9.17) is 11.6 Å². The fraction of sp³-hybridized carbons (Fsp3) is 0.0500. The van der Waals surface area contributed by atoms with Crippen LogP contribution in [-0.4, -0.2) is 16.8 Å². The molecule has 2 aromatic carbocycles. The molecule has 1 aromatic heterocycles. The van der Waals surface area contributed by atoms with Crippen molar-refractivity contribution in [2.75, 3.05) is 5.32 Å². The van der Waals surface area contributed by atoms with Crippen LogP contribution < -0.4 is 10.6 Å². The molecule has 0 bridgehead atoms.